The second kappa shape index (κ2) is 6.19. The molecule has 3 heteroatoms. The molecular weight excluding hydrogens is 434 g/mol. The summed E-state index contributed by atoms with van der Waals surface area (Å²) in [4.78, 5) is 0. The highest BCUT2D eigenvalue weighted by molar-refractivity contribution is 7.26. The Morgan fingerprint density at radius 2 is 1.47 bits per heavy atom. The van der Waals surface area contributed by atoms with Crippen LogP contribution in [0.4, 0.5) is 0 Å². The average Bonchev–Trinajstić information content (AvgIpc) is 3.55. The Hall–Kier alpha value is -3.82. The zero-order chi connectivity index (χ0) is 22.6. The second-order valence-electron chi connectivity index (χ2n) is 9.79. The number of furan rings is 1. The molecule has 0 saturated heterocycles. The van der Waals surface area contributed by atoms with E-state index < -0.39 is 0 Å². The second-order valence-corrected chi connectivity index (χ2v) is 10.8. The third-order valence-electron chi connectivity index (χ3n) is 7.63. The first-order valence-corrected chi connectivity index (χ1v) is 12.5. The van der Waals surface area contributed by atoms with Crippen molar-refractivity contribution in [1.82, 2.24) is 4.57 Å². The molecular formula is C31H21NOS. The van der Waals surface area contributed by atoms with Crippen LogP contribution in [0, 0.1) is 0 Å². The molecule has 34 heavy (non-hydrogen) atoms. The van der Waals surface area contributed by atoms with Crippen LogP contribution in [0.3, 0.4) is 0 Å². The first kappa shape index (κ1) is 18.6. The van der Waals surface area contributed by atoms with Gasteiger partial charge >= 0.3 is 0 Å². The summed E-state index contributed by atoms with van der Waals surface area (Å²) in [5.74, 6) is 0. The summed E-state index contributed by atoms with van der Waals surface area (Å²) in [7, 11) is 0. The maximum atomic E-state index is 6.68. The van der Waals surface area contributed by atoms with Gasteiger partial charge in [0, 0.05) is 26.6 Å². The topological polar surface area (TPSA) is 18.1 Å². The van der Waals surface area contributed by atoms with E-state index in [-0.39, 0.29) is 5.41 Å². The molecule has 0 bridgehead atoms. The molecule has 0 unspecified atom stereocenters. The minimum Gasteiger partial charge on any atom is -0.438 e. The van der Waals surface area contributed by atoms with E-state index in [0.717, 1.165) is 17.0 Å². The Balaban J connectivity index is 1.48. The Kier molecular flexibility index (Phi) is 3.38. The molecule has 3 aromatic heterocycles. The van der Waals surface area contributed by atoms with Crippen LogP contribution < -0.4 is 0 Å². The monoisotopic (exact) mass is 455 g/mol. The smallest absolute Gasteiger partial charge is 0.214 e. The molecule has 0 N–H and O–H groups in total. The molecule has 2 nitrogen and oxygen atoms in total. The average molecular weight is 456 g/mol. The van der Waals surface area contributed by atoms with Gasteiger partial charge in [-0.05, 0) is 52.6 Å². The number of hydrogen-bond donors (Lipinski definition) is 0. The first-order valence-electron chi connectivity index (χ1n) is 11.7. The number of rotatable bonds is 1. The van der Waals surface area contributed by atoms with Crippen LogP contribution in [-0.2, 0) is 5.41 Å². The first-order chi connectivity index (χ1) is 16.6. The summed E-state index contributed by atoms with van der Waals surface area (Å²) in [5.41, 5.74) is 9.70. The van der Waals surface area contributed by atoms with Gasteiger partial charge in [0.05, 0.1) is 15.6 Å². The van der Waals surface area contributed by atoms with Crippen molar-refractivity contribution in [3.8, 4) is 16.8 Å². The van der Waals surface area contributed by atoms with Crippen LogP contribution in [-0.4, -0.2) is 4.57 Å². The van der Waals surface area contributed by atoms with Crippen LogP contribution in [0.5, 0.6) is 0 Å². The zero-order valence-corrected chi connectivity index (χ0v) is 19.7. The zero-order valence-electron chi connectivity index (χ0n) is 18.9. The highest BCUT2D eigenvalue weighted by Gasteiger charge is 2.35. The van der Waals surface area contributed by atoms with E-state index in [2.05, 4.69) is 109 Å². The predicted molar refractivity (Wildman–Crippen MR) is 143 cm³/mol. The van der Waals surface area contributed by atoms with E-state index in [0.29, 0.717) is 0 Å². The van der Waals surface area contributed by atoms with Crippen LogP contribution in [0.2, 0.25) is 0 Å². The number of thiophene rings is 1. The summed E-state index contributed by atoms with van der Waals surface area (Å²) >= 11 is 1.82. The molecule has 162 valence electrons. The van der Waals surface area contributed by atoms with E-state index in [1.54, 1.807) is 0 Å². The van der Waals surface area contributed by atoms with Crippen molar-refractivity contribution >= 4 is 53.7 Å². The largest absolute Gasteiger partial charge is 0.438 e. The molecule has 0 saturated carbocycles. The minimum absolute atomic E-state index is 0.00470. The third kappa shape index (κ3) is 2.16. The lowest BCUT2D eigenvalue weighted by molar-refractivity contribution is 0.648. The van der Waals surface area contributed by atoms with Gasteiger partial charge in [0.2, 0.25) is 5.71 Å². The van der Waals surface area contributed by atoms with Crippen LogP contribution >= 0.6 is 11.3 Å². The summed E-state index contributed by atoms with van der Waals surface area (Å²) in [6, 6.07) is 32.9. The molecule has 0 radical (unpaired) electrons. The molecule has 0 atom stereocenters. The van der Waals surface area contributed by atoms with Crippen molar-refractivity contribution in [3.05, 3.63) is 102 Å². The lowest BCUT2D eigenvalue weighted by Crippen LogP contribution is -2.14. The van der Waals surface area contributed by atoms with Crippen LogP contribution in [0.15, 0.2) is 95.4 Å². The molecule has 8 rings (SSSR count). The molecule has 0 spiro atoms. The van der Waals surface area contributed by atoms with E-state index in [1.165, 1.54) is 53.3 Å². The van der Waals surface area contributed by atoms with Crippen LogP contribution in [0.1, 0.15) is 25.0 Å². The standard InChI is InChI=1S/C31H21NOS/c1-31(2)23-12-6-3-9-19(23)22-17-18(15-16-24(22)31)32-25-13-7-4-10-20(25)27-29-28(33-30(27)32)21-11-5-8-14-26(21)34-29/h3-17H,1-2H3. The predicted octanol–water partition coefficient (Wildman–Crippen LogP) is 9.05. The Morgan fingerprint density at radius 3 is 2.38 bits per heavy atom. The van der Waals surface area contributed by atoms with Gasteiger partial charge in [-0.15, -0.1) is 11.3 Å². The lowest BCUT2D eigenvalue weighted by Gasteiger charge is -2.21. The van der Waals surface area contributed by atoms with Crippen molar-refractivity contribution in [2.24, 2.45) is 0 Å². The van der Waals surface area contributed by atoms with Crippen molar-refractivity contribution in [2.75, 3.05) is 0 Å². The quantitative estimate of drug-likeness (QED) is 0.241. The van der Waals surface area contributed by atoms with E-state index in [4.69, 9.17) is 4.42 Å². The van der Waals surface area contributed by atoms with Gasteiger partial charge in [-0.2, -0.15) is 0 Å². The van der Waals surface area contributed by atoms with Crippen molar-refractivity contribution in [3.63, 3.8) is 0 Å². The van der Waals surface area contributed by atoms with Gasteiger partial charge in [-0.3, -0.25) is 4.57 Å². The summed E-state index contributed by atoms with van der Waals surface area (Å²) in [6.45, 7) is 4.65. The van der Waals surface area contributed by atoms with Crippen LogP contribution in [0.25, 0.3) is 59.2 Å². The van der Waals surface area contributed by atoms with Crippen molar-refractivity contribution in [1.29, 1.82) is 0 Å². The Labute approximate surface area is 200 Å². The number of para-hydroxylation sites is 1. The fraction of sp³-hybridized carbons (Fsp3) is 0.0968. The molecule has 0 fully saturated rings. The maximum Gasteiger partial charge on any atom is 0.214 e. The molecule has 0 aliphatic heterocycles. The molecule has 7 aromatic rings. The minimum atomic E-state index is 0.00470. The Morgan fingerprint density at radius 1 is 0.735 bits per heavy atom. The van der Waals surface area contributed by atoms with Gasteiger partial charge in [-0.1, -0.05) is 74.5 Å². The highest BCUT2D eigenvalue weighted by Crippen LogP contribution is 2.50. The SMILES string of the molecule is CC1(C)c2ccccc2-c2cc(-n3c4ccccc4c4c5sc6ccccc6c5oc43)ccc21. The molecule has 0 amide bonds. The third-order valence-corrected chi connectivity index (χ3v) is 8.80. The fourth-order valence-electron chi connectivity index (χ4n) is 6.02. The number of benzene rings is 4. The van der Waals surface area contributed by atoms with E-state index in [1.807, 2.05) is 11.3 Å². The normalized spacial score (nSPS) is 14.4. The van der Waals surface area contributed by atoms with Gasteiger partial charge in [-0.25, -0.2) is 0 Å². The van der Waals surface area contributed by atoms with Gasteiger partial charge in [0.1, 0.15) is 0 Å². The molecule has 4 aromatic carbocycles. The number of nitrogens with zero attached hydrogens (tertiary/aromatic N) is 1. The summed E-state index contributed by atoms with van der Waals surface area (Å²) < 4.78 is 11.5. The number of fused-ring (bicyclic) bond motifs is 10. The lowest BCUT2D eigenvalue weighted by atomic mass is 9.82. The Bertz CT molecular complexity index is 1950. The molecule has 3 heterocycles. The summed E-state index contributed by atoms with van der Waals surface area (Å²) in [5, 5.41) is 3.65. The highest BCUT2D eigenvalue weighted by atomic mass is 32.1. The molecule has 1 aliphatic carbocycles. The van der Waals surface area contributed by atoms with Gasteiger partial charge in [0.25, 0.3) is 0 Å². The maximum absolute atomic E-state index is 6.68. The van der Waals surface area contributed by atoms with Crippen molar-refractivity contribution < 1.29 is 4.42 Å². The van der Waals surface area contributed by atoms with Gasteiger partial charge in [0.15, 0.2) is 5.58 Å². The fourth-order valence-corrected chi connectivity index (χ4v) is 7.20. The van der Waals surface area contributed by atoms with E-state index >= 15 is 0 Å². The van der Waals surface area contributed by atoms with Gasteiger partial charge < -0.3 is 4.42 Å². The number of aromatic nitrogens is 1. The summed E-state index contributed by atoms with van der Waals surface area (Å²) in [6.07, 6.45) is 0. The molecule has 1 aliphatic rings. The number of hydrogen-bond acceptors (Lipinski definition) is 2. The van der Waals surface area contributed by atoms with E-state index in [9.17, 15) is 0 Å². The van der Waals surface area contributed by atoms with Crippen molar-refractivity contribution in [2.45, 2.75) is 19.3 Å².